The minimum atomic E-state index is 0. The molecule has 4 heteroatoms. The molecule has 0 fully saturated rings. The van der Waals surface area contributed by atoms with Gasteiger partial charge in [-0.25, -0.2) is 0 Å². The Hall–Kier alpha value is -0.640. The van der Waals surface area contributed by atoms with E-state index in [1.165, 1.54) is 5.56 Å². The van der Waals surface area contributed by atoms with Crippen LogP contribution in [-0.2, 0) is 11.3 Å². The van der Waals surface area contributed by atoms with Crippen molar-refractivity contribution in [1.82, 2.24) is 10.3 Å². The molecule has 92 valence electrons. The van der Waals surface area contributed by atoms with Crippen LogP contribution in [0.15, 0.2) is 18.3 Å². The van der Waals surface area contributed by atoms with Crippen LogP contribution in [0.3, 0.4) is 0 Å². The summed E-state index contributed by atoms with van der Waals surface area (Å²) >= 11 is 0. The first-order valence-electron chi connectivity index (χ1n) is 5.53. The summed E-state index contributed by atoms with van der Waals surface area (Å²) in [6, 6.07) is 4.09. The van der Waals surface area contributed by atoms with Gasteiger partial charge in [0.05, 0.1) is 0 Å². The van der Waals surface area contributed by atoms with Crippen LogP contribution in [0.4, 0.5) is 0 Å². The number of halogens is 1. The lowest BCUT2D eigenvalue weighted by molar-refractivity contribution is 0.144. The van der Waals surface area contributed by atoms with E-state index in [1.54, 1.807) is 0 Å². The van der Waals surface area contributed by atoms with Crippen molar-refractivity contribution in [2.75, 3.05) is 19.8 Å². The van der Waals surface area contributed by atoms with Crippen molar-refractivity contribution < 1.29 is 4.74 Å². The Morgan fingerprint density at radius 3 is 2.94 bits per heavy atom. The van der Waals surface area contributed by atoms with Crippen molar-refractivity contribution in [2.45, 2.75) is 26.8 Å². The second kappa shape index (κ2) is 9.58. The summed E-state index contributed by atoms with van der Waals surface area (Å²) in [6.45, 7) is 7.60. The molecule has 0 unspecified atom stereocenters. The molecule has 0 spiro atoms. The van der Waals surface area contributed by atoms with Gasteiger partial charge >= 0.3 is 0 Å². The smallest absolute Gasteiger partial charge is 0.0477 e. The van der Waals surface area contributed by atoms with Gasteiger partial charge in [0, 0.05) is 31.6 Å². The summed E-state index contributed by atoms with van der Waals surface area (Å²) < 4.78 is 5.26. The highest BCUT2D eigenvalue weighted by Crippen LogP contribution is 2.02. The molecule has 1 aromatic heterocycles. The third-order valence-corrected chi connectivity index (χ3v) is 2.28. The fourth-order valence-electron chi connectivity index (χ4n) is 1.37. The number of aryl methyl sites for hydroxylation is 1. The number of nitrogens with one attached hydrogen (secondary N) is 1. The number of hydrogen-bond donors (Lipinski definition) is 1. The van der Waals surface area contributed by atoms with Crippen LogP contribution in [0.1, 0.15) is 24.6 Å². The average molecular weight is 245 g/mol. The van der Waals surface area contributed by atoms with Gasteiger partial charge in [-0.15, -0.1) is 12.4 Å². The van der Waals surface area contributed by atoms with Crippen molar-refractivity contribution in [2.24, 2.45) is 0 Å². The molecular formula is C12H21ClN2O. The van der Waals surface area contributed by atoms with Gasteiger partial charge in [0.2, 0.25) is 0 Å². The zero-order chi connectivity index (χ0) is 10.9. The topological polar surface area (TPSA) is 34.1 Å². The van der Waals surface area contributed by atoms with E-state index in [4.69, 9.17) is 4.74 Å². The molecule has 0 aliphatic rings. The van der Waals surface area contributed by atoms with Crippen LogP contribution in [0, 0.1) is 6.92 Å². The molecule has 0 saturated carbocycles. The Labute approximate surface area is 104 Å². The van der Waals surface area contributed by atoms with Crippen LogP contribution in [0.2, 0.25) is 0 Å². The molecule has 1 rings (SSSR count). The molecule has 1 heterocycles. The second-order valence-electron chi connectivity index (χ2n) is 3.48. The van der Waals surface area contributed by atoms with Crippen LogP contribution in [-0.4, -0.2) is 24.7 Å². The summed E-state index contributed by atoms with van der Waals surface area (Å²) in [5, 5.41) is 3.38. The van der Waals surface area contributed by atoms with Gasteiger partial charge < -0.3 is 10.1 Å². The van der Waals surface area contributed by atoms with Gasteiger partial charge in [0.1, 0.15) is 0 Å². The van der Waals surface area contributed by atoms with Crippen LogP contribution in [0.25, 0.3) is 0 Å². The van der Waals surface area contributed by atoms with E-state index in [0.29, 0.717) is 0 Å². The number of hydrogen-bond acceptors (Lipinski definition) is 3. The maximum atomic E-state index is 5.26. The molecule has 0 aliphatic carbocycles. The van der Waals surface area contributed by atoms with E-state index >= 15 is 0 Å². The quantitative estimate of drug-likeness (QED) is 0.748. The standard InChI is InChI=1S/C12H20N2O.ClH/c1-3-15-9-5-7-13-10-12-6-4-8-14-11(12)2;/h4,6,8,13H,3,5,7,9-10H2,1-2H3;1H. The molecule has 0 atom stereocenters. The fourth-order valence-corrected chi connectivity index (χ4v) is 1.37. The molecule has 1 N–H and O–H groups in total. The lowest BCUT2D eigenvalue weighted by Gasteiger charge is -2.06. The summed E-state index contributed by atoms with van der Waals surface area (Å²) in [6.07, 6.45) is 2.89. The number of nitrogens with zero attached hydrogens (tertiary/aromatic N) is 1. The third kappa shape index (κ3) is 6.05. The molecule has 0 aliphatic heterocycles. The van der Waals surface area contributed by atoms with Gasteiger partial charge in [-0.05, 0) is 38.4 Å². The molecular weight excluding hydrogens is 224 g/mol. The van der Waals surface area contributed by atoms with E-state index in [2.05, 4.69) is 16.4 Å². The molecule has 0 radical (unpaired) electrons. The van der Waals surface area contributed by atoms with Crippen LogP contribution >= 0.6 is 12.4 Å². The van der Waals surface area contributed by atoms with Gasteiger partial charge in [-0.1, -0.05) is 6.07 Å². The molecule has 16 heavy (non-hydrogen) atoms. The zero-order valence-electron chi connectivity index (χ0n) is 10.0. The molecule has 0 bridgehead atoms. The first kappa shape index (κ1) is 15.4. The lowest BCUT2D eigenvalue weighted by atomic mass is 10.2. The van der Waals surface area contributed by atoms with Crippen LogP contribution in [0.5, 0.6) is 0 Å². The fraction of sp³-hybridized carbons (Fsp3) is 0.583. The predicted molar refractivity (Wildman–Crippen MR) is 69.0 cm³/mol. The van der Waals surface area contributed by atoms with E-state index in [0.717, 1.165) is 38.4 Å². The number of aromatic nitrogens is 1. The Morgan fingerprint density at radius 2 is 2.25 bits per heavy atom. The van der Waals surface area contributed by atoms with E-state index in [-0.39, 0.29) is 12.4 Å². The van der Waals surface area contributed by atoms with Crippen molar-refractivity contribution in [3.8, 4) is 0 Å². The maximum absolute atomic E-state index is 5.26. The number of ether oxygens (including phenoxy) is 1. The van der Waals surface area contributed by atoms with Crippen molar-refractivity contribution in [3.05, 3.63) is 29.6 Å². The Morgan fingerprint density at radius 1 is 1.44 bits per heavy atom. The van der Waals surface area contributed by atoms with Gasteiger partial charge in [-0.2, -0.15) is 0 Å². The number of rotatable bonds is 7. The van der Waals surface area contributed by atoms with E-state index in [1.807, 2.05) is 26.1 Å². The van der Waals surface area contributed by atoms with Crippen molar-refractivity contribution in [3.63, 3.8) is 0 Å². The number of pyridine rings is 1. The van der Waals surface area contributed by atoms with Crippen molar-refractivity contribution in [1.29, 1.82) is 0 Å². The normalized spacial score (nSPS) is 9.88. The van der Waals surface area contributed by atoms with Crippen LogP contribution < -0.4 is 5.32 Å². The largest absolute Gasteiger partial charge is 0.382 e. The lowest BCUT2D eigenvalue weighted by Crippen LogP contribution is -2.17. The van der Waals surface area contributed by atoms with E-state index in [9.17, 15) is 0 Å². The second-order valence-corrected chi connectivity index (χ2v) is 3.48. The maximum Gasteiger partial charge on any atom is 0.0477 e. The Bertz CT molecular complexity index is 281. The molecule has 0 saturated heterocycles. The first-order valence-corrected chi connectivity index (χ1v) is 5.53. The summed E-state index contributed by atoms with van der Waals surface area (Å²) in [5.41, 5.74) is 2.38. The highest BCUT2D eigenvalue weighted by molar-refractivity contribution is 5.85. The summed E-state index contributed by atoms with van der Waals surface area (Å²) in [5.74, 6) is 0. The van der Waals surface area contributed by atoms with Gasteiger partial charge in [0.25, 0.3) is 0 Å². The molecule has 1 aromatic rings. The Balaban J connectivity index is 0.00000225. The molecule has 0 aromatic carbocycles. The van der Waals surface area contributed by atoms with E-state index < -0.39 is 0 Å². The van der Waals surface area contributed by atoms with Crippen molar-refractivity contribution >= 4 is 12.4 Å². The average Bonchev–Trinajstić information content (AvgIpc) is 2.25. The summed E-state index contributed by atoms with van der Waals surface area (Å²) in [7, 11) is 0. The van der Waals surface area contributed by atoms with Gasteiger partial charge in [0.15, 0.2) is 0 Å². The third-order valence-electron chi connectivity index (χ3n) is 2.28. The highest BCUT2D eigenvalue weighted by atomic mass is 35.5. The SMILES string of the molecule is CCOCCCNCc1cccnc1C.Cl. The monoisotopic (exact) mass is 244 g/mol. The minimum absolute atomic E-state index is 0. The first-order chi connectivity index (χ1) is 7.34. The summed E-state index contributed by atoms with van der Waals surface area (Å²) in [4.78, 5) is 4.24. The minimum Gasteiger partial charge on any atom is -0.382 e. The Kier molecular flexibility index (Phi) is 9.19. The highest BCUT2D eigenvalue weighted by Gasteiger charge is 1.96. The predicted octanol–water partition coefficient (Wildman–Crippen LogP) is 2.33. The zero-order valence-corrected chi connectivity index (χ0v) is 10.8. The molecule has 3 nitrogen and oxygen atoms in total. The molecule has 0 amide bonds. The van der Waals surface area contributed by atoms with Gasteiger partial charge in [-0.3, -0.25) is 4.98 Å².